The molecule has 0 spiro atoms. The maximum atomic E-state index is 12.3. The Morgan fingerprint density at radius 1 is 1.50 bits per heavy atom. The molecule has 1 fully saturated rings. The lowest BCUT2D eigenvalue weighted by Crippen LogP contribution is -2.63. The van der Waals surface area contributed by atoms with Gasteiger partial charge in [0.05, 0.1) is 18.1 Å². The van der Waals surface area contributed by atoms with Crippen molar-refractivity contribution in [2.45, 2.75) is 44.2 Å². The van der Waals surface area contributed by atoms with Gasteiger partial charge < -0.3 is 19.7 Å². The second-order valence-electron chi connectivity index (χ2n) is 6.71. The molecule has 0 aliphatic carbocycles. The first-order valence-corrected chi connectivity index (χ1v) is 8.93. The third kappa shape index (κ3) is 2.05. The molecule has 128 valence electrons. The fraction of sp³-hybridized carbons (Fsp3) is 0.562. The highest BCUT2D eigenvalue weighted by Crippen LogP contribution is 2.51. The number of hydrogen-bond acceptors (Lipinski definition) is 5. The average Bonchev–Trinajstić information content (AvgIpc) is 3.12. The molecule has 2 N–H and O–H groups in total. The summed E-state index contributed by atoms with van der Waals surface area (Å²) < 4.78 is 2.08. The van der Waals surface area contributed by atoms with Crippen molar-refractivity contribution < 1.29 is 19.8 Å². The number of aromatic nitrogens is 2. The highest BCUT2D eigenvalue weighted by molar-refractivity contribution is 8.03. The number of imidazole rings is 1. The molecule has 4 rings (SSSR count). The first kappa shape index (κ1) is 15.7. The molecule has 5 atom stereocenters. The zero-order chi connectivity index (χ0) is 17.2. The second-order valence-corrected chi connectivity index (χ2v) is 8.05. The van der Waals surface area contributed by atoms with Crippen LogP contribution in [0.5, 0.6) is 0 Å². The van der Waals surface area contributed by atoms with E-state index < -0.39 is 18.0 Å². The van der Waals surface area contributed by atoms with E-state index in [2.05, 4.69) is 9.55 Å². The molecule has 0 unspecified atom stereocenters. The van der Waals surface area contributed by atoms with Crippen molar-refractivity contribution in [3.8, 4) is 0 Å². The van der Waals surface area contributed by atoms with Crippen LogP contribution in [-0.4, -0.2) is 53.9 Å². The highest BCUT2D eigenvalue weighted by Gasteiger charge is 2.60. The molecule has 3 aliphatic rings. The number of carbonyl (C=O) groups excluding carboxylic acids is 1. The summed E-state index contributed by atoms with van der Waals surface area (Å²) in [5.74, 6) is -0.927. The Balaban J connectivity index is 1.61. The summed E-state index contributed by atoms with van der Waals surface area (Å²) in [6.45, 7) is 4.33. The molecule has 0 aromatic carbocycles. The topological polar surface area (TPSA) is 95.7 Å². The van der Waals surface area contributed by atoms with E-state index in [1.165, 1.54) is 4.90 Å². The number of carboxylic acid groups (broad SMARTS) is 1. The van der Waals surface area contributed by atoms with E-state index >= 15 is 0 Å². The number of rotatable bonds is 4. The normalized spacial score (nSPS) is 32.6. The third-order valence-corrected chi connectivity index (χ3v) is 6.69. The minimum absolute atomic E-state index is 0.0775. The van der Waals surface area contributed by atoms with Gasteiger partial charge in [0.25, 0.3) is 0 Å². The zero-order valence-corrected chi connectivity index (χ0v) is 14.2. The molecule has 0 bridgehead atoms. The first-order valence-electron chi connectivity index (χ1n) is 8.05. The summed E-state index contributed by atoms with van der Waals surface area (Å²) in [4.78, 5) is 30.5. The highest BCUT2D eigenvalue weighted by atomic mass is 32.2. The number of amides is 1. The minimum atomic E-state index is -1.07. The SMILES string of the molecule is C[C@@H](O)[C@H]1C(=O)N2C(C(=O)O)=C(S[C@@H]3Cc4nccn4C3)[C@H](C)[C@H]12. The molecule has 1 amide bonds. The van der Waals surface area contributed by atoms with Gasteiger partial charge in [0.15, 0.2) is 0 Å². The molecular formula is C16H19N3O4S. The number of carbonyl (C=O) groups is 2. The van der Waals surface area contributed by atoms with Gasteiger partial charge in [0.2, 0.25) is 5.91 Å². The van der Waals surface area contributed by atoms with Crippen molar-refractivity contribution >= 4 is 23.6 Å². The van der Waals surface area contributed by atoms with Crippen molar-refractivity contribution in [1.82, 2.24) is 14.5 Å². The smallest absolute Gasteiger partial charge is 0.353 e. The molecule has 24 heavy (non-hydrogen) atoms. The Bertz CT molecular complexity index is 736. The van der Waals surface area contributed by atoms with Gasteiger partial charge in [0, 0.05) is 41.4 Å². The van der Waals surface area contributed by atoms with E-state index in [4.69, 9.17) is 0 Å². The third-order valence-electron chi connectivity index (χ3n) is 5.22. The Morgan fingerprint density at radius 3 is 2.88 bits per heavy atom. The van der Waals surface area contributed by atoms with Gasteiger partial charge in [0.1, 0.15) is 11.5 Å². The summed E-state index contributed by atoms with van der Waals surface area (Å²) >= 11 is 1.55. The Morgan fingerprint density at radius 2 is 2.25 bits per heavy atom. The van der Waals surface area contributed by atoms with Gasteiger partial charge in [-0.2, -0.15) is 0 Å². The van der Waals surface area contributed by atoms with Crippen molar-refractivity contribution in [2.75, 3.05) is 0 Å². The van der Waals surface area contributed by atoms with Crippen molar-refractivity contribution in [2.24, 2.45) is 11.8 Å². The van der Waals surface area contributed by atoms with Gasteiger partial charge in [-0.15, -0.1) is 11.8 Å². The van der Waals surface area contributed by atoms with Crippen molar-refractivity contribution in [3.05, 3.63) is 28.8 Å². The number of carboxylic acids is 1. The molecule has 1 aromatic heterocycles. The van der Waals surface area contributed by atoms with E-state index in [0.717, 1.165) is 23.7 Å². The van der Waals surface area contributed by atoms with Crippen LogP contribution in [0.4, 0.5) is 0 Å². The number of β-lactam (4-membered cyclic amide) rings is 1. The summed E-state index contributed by atoms with van der Waals surface area (Å²) in [7, 11) is 0. The van der Waals surface area contributed by atoms with Crippen molar-refractivity contribution in [3.63, 3.8) is 0 Å². The summed E-state index contributed by atoms with van der Waals surface area (Å²) in [5, 5.41) is 19.7. The lowest BCUT2D eigenvalue weighted by Gasteiger charge is -2.46. The van der Waals surface area contributed by atoms with Crippen LogP contribution in [0, 0.1) is 11.8 Å². The Hall–Kier alpha value is -1.80. The van der Waals surface area contributed by atoms with Crippen LogP contribution in [0.2, 0.25) is 0 Å². The van der Waals surface area contributed by atoms with Gasteiger partial charge in [-0.25, -0.2) is 9.78 Å². The number of fused-ring (bicyclic) bond motifs is 2. The number of hydrogen-bond donors (Lipinski definition) is 2. The molecule has 7 nitrogen and oxygen atoms in total. The Kier molecular flexibility index (Phi) is 3.50. The molecule has 3 aliphatic heterocycles. The number of thioether (sulfide) groups is 1. The van der Waals surface area contributed by atoms with E-state index in [1.807, 2.05) is 13.1 Å². The van der Waals surface area contributed by atoms with Crippen LogP contribution < -0.4 is 0 Å². The summed E-state index contributed by atoms with van der Waals surface area (Å²) in [5.41, 5.74) is 0.101. The van der Waals surface area contributed by atoms with E-state index in [1.54, 1.807) is 24.9 Å². The number of aliphatic hydroxyl groups is 1. The molecule has 0 radical (unpaired) electrons. The van der Waals surface area contributed by atoms with Gasteiger partial charge in [-0.3, -0.25) is 4.79 Å². The van der Waals surface area contributed by atoms with Crippen LogP contribution in [0.15, 0.2) is 23.0 Å². The number of nitrogens with zero attached hydrogens (tertiary/aromatic N) is 3. The number of aliphatic carboxylic acids is 1. The fourth-order valence-electron chi connectivity index (χ4n) is 4.12. The second kappa shape index (κ2) is 5.35. The monoisotopic (exact) mass is 349 g/mol. The summed E-state index contributed by atoms with van der Waals surface area (Å²) in [6, 6.07) is -0.246. The lowest BCUT2D eigenvalue weighted by molar-refractivity contribution is -0.163. The first-order chi connectivity index (χ1) is 11.4. The predicted molar refractivity (Wildman–Crippen MR) is 86.9 cm³/mol. The lowest BCUT2D eigenvalue weighted by atomic mass is 9.79. The standard InChI is InChI=1S/C16H19N3O4S/c1-7-12-11(8(2)20)15(21)19(12)13(16(22)23)14(7)24-9-5-10-17-3-4-18(10)6-9/h3-4,7-9,11-12,20H,5-6H2,1-2H3,(H,22,23)/t7-,8-,9-,11-,12-/m1/s1. The molecule has 4 heterocycles. The molecule has 1 aromatic rings. The van der Waals surface area contributed by atoms with Crippen LogP contribution in [0.25, 0.3) is 0 Å². The quantitative estimate of drug-likeness (QED) is 0.777. The van der Waals surface area contributed by atoms with Gasteiger partial charge >= 0.3 is 5.97 Å². The van der Waals surface area contributed by atoms with Crippen molar-refractivity contribution in [1.29, 1.82) is 0 Å². The van der Waals surface area contributed by atoms with Crippen LogP contribution in [0.1, 0.15) is 19.7 Å². The van der Waals surface area contributed by atoms with E-state index in [-0.39, 0.29) is 28.8 Å². The largest absolute Gasteiger partial charge is 0.477 e. The molecule has 1 saturated heterocycles. The predicted octanol–water partition coefficient (Wildman–Crippen LogP) is 0.695. The van der Waals surface area contributed by atoms with E-state index in [9.17, 15) is 19.8 Å². The number of aliphatic hydroxyl groups excluding tert-OH is 1. The average molecular weight is 349 g/mol. The Labute approximate surface area is 143 Å². The van der Waals surface area contributed by atoms with Gasteiger partial charge in [-0.05, 0) is 6.92 Å². The van der Waals surface area contributed by atoms with Crippen LogP contribution >= 0.6 is 11.8 Å². The van der Waals surface area contributed by atoms with E-state index in [0.29, 0.717) is 0 Å². The maximum Gasteiger partial charge on any atom is 0.353 e. The fourth-order valence-corrected chi connectivity index (χ4v) is 5.60. The zero-order valence-electron chi connectivity index (χ0n) is 13.4. The van der Waals surface area contributed by atoms with Crippen LogP contribution in [-0.2, 0) is 22.6 Å². The molecular weight excluding hydrogens is 330 g/mol. The van der Waals surface area contributed by atoms with Crippen LogP contribution in [0.3, 0.4) is 0 Å². The molecule has 0 saturated carbocycles. The maximum absolute atomic E-state index is 12.3. The van der Waals surface area contributed by atoms with Gasteiger partial charge in [-0.1, -0.05) is 6.92 Å². The summed E-state index contributed by atoms with van der Waals surface area (Å²) in [6.07, 6.45) is 3.73. The molecule has 8 heteroatoms. The minimum Gasteiger partial charge on any atom is -0.477 e.